The number of benzene rings is 1. The molecular weight excluding hydrogens is 284 g/mol. The predicted octanol–water partition coefficient (Wildman–Crippen LogP) is 1.05. The van der Waals surface area contributed by atoms with Crippen LogP contribution in [0.5, 0.6) is 11.5 Å². The molecule has 1 heterocycles. The highest BCUT2D eigenvalue weighted by Gasteiger charge is 2.22. The first kappa shape index (κ1) is 16.6. The van der Waals surface area contributed by atoms with Crippen molar-refractivity contribution in [1.29, 1.82) is 0 Å². The summed E-state index contributed by atoms with van der Waals surface area (Å²) in [5, 5.41) is 5.91. The minimum atomic E-state index is -0.482. The molecule has 1 amide bonds. The lowest BCUT2D eigenvalue weighted by molar-refractivity contribution is -0.128. The van der Waals surface area contributed by atoms with Crippen molar-refractivity contribution in [3.05, 3.63) is 18.2 Å². The molecule has 1 unspecified atom stereocenters. The first-order valence-electron chi connectivity index (χ1n) is 6.10. The maximum atomic E-state index is 12.1. The van der Waals surface area contributed by atoms with Crippen molar-refractivity contribution in [3.63, 3.8) is 0 Å². The van der Waals surface area contributed by atoms with Crippen LogP contribution in [0.2, 0.25) is 0 Å². The SMILES string of the molecule is COc1ccc(OC)c(NC(=O)C2CNCCO2)c1.Cl. The second-order valence-electron chi connectivity index (χ2n) is 4.12. The maximum absolute atomic E-state index is 12.1. The van der Waals surface area contributed by atoms with Crippen molar-refractivity contribution in [2.24, 2.45) is 0 Å². The van der Waals surface area contributed by atoms with Gasteiger partial charge in [-0.1, -0.05) is 0 Å². The van der Waals surface area contributed by atoms with E-state index in [9.17, 15) is 4.79 Å². The summed E-state index contributed by atoms with van der Waals surface area (Å²) in [6.45, 7) is 1.82. The lowest BCUT2D eigenvalue weighted by atomic mass is 10.2. The fourth-order valence-electron chi connectivity index (χ4n) is 1.86. The van der Waals surface area contributed by atoms with Crippen molar-refractivity contribution in [2.45, 2.75) is 6.10 Å². The van der Waals surface area contributed by atoms with Crippen LogP contribution in [0.4, 0.5) is 5.69 Å². The zero-order valence-electron chi connectivity index (χ0n) is 11.5. The summed E-state index contributed by atoms with van der Waals surface area (Å²) < 4.78 is 15.7. The van der Waals surface area contributed by atoms with Gasteiger partial charge in [-0.3, -0.25) is 4.79 Å². The van der Waals surface area contributed by atoms with E-state index in [-0.39, 0.29) is 18.3 Å². The van der Waals surface area contributed by atoms with Gasteiger partial charge in [-0.25, -0.2) is 0 Å². The largest absolute Gasteiger partial charge is 0.497 e. The number of morpholine rings is 1. The number of hydrogen-bond donors (Lipinski definition) is 2. The average Bonchev–Trinajstić information content (AvgIpc) is 2.48. The summed E-state index contributed by atoms with van der Waals surface area (Å²) in [5.74, 6) is 1.04. The lowest BCUT2D eigenvalue weighted by Crippen LogP contribution is -2.45. The fraction of sp³-hybridized carbons (Fsp3) is 0.462. The van der Waals surface area contributed by atoms with Gasteiger partial charge in [-0.15, -0.1) is 12.4 Å². The third-order valence-electron chi connectivity index (χ3n) is 2.88. The number of carbonyl (C=O) groups is 1. The van der Waals surface area contributed by atoms with E-state index < -0.39 is 6.10 Å². The smallest absolute Gasteiger partial charge is 0.254 e. The van der Waals surface area contributed by atoms with Crippen LogP contribution in [0.15, 0.2) is 18.2 Å². The number of methoxy groups -OCH3 is 2. The van der Waals surface area contributed by atoms with Crippen LogP contribution >= 0.6 is 12.4 Å². The monoisotopic (exact) mass is 302 g/mol. The molecule has 0 saturated carbocycles. The first-order chi connectivity index (χ1) is 9.24. The zero-order valence-corrected chi connectivity index (χ0v) is 12.3. The molecule has 112 valence electrons. The molecular formula is C13H19ClN2O4. The van der Waals surface area contributed by atoms with Crippen LogP contribution < -0.4 is 20.1 Å². The Balaban J connectivity index is 0.00000200. The van der Waals surface area contributed by atoms with Gasteiger partial charge in [0.15, 0.2) is 0 Å². The highest BCUT2D eigenvalue weighted by atomic mass is 35.5. The van der Waals surface area contributed by atoms with E-state index >= 15 is 0 Å². The Kier molecular flexibility index (Phi) is 6.57. The van der Waals surface area contributed by atoms with E-state index in [0.717, 1.165) is 6.54 Å². The van der Waals surface area contributed by atoms with Crippen LogP contribution in [-0.4, -0.2) is 45.9 Å². The van der Waals surface area contributed by atoms with E-state index in [2.05, 4.69) is 10.6 Å². The Morgan fingerprint density at radius 2 is 2.20 bits per heavy atom. The third-order valence-corrected chi connectivity index (χ3v) is 2.88. The van der Waals surface area contributed by atoms with E-state index in [1.807, 2.05) is 0 Å². The molecule has 2 rings (SSSR count). The molecule has 1 atom stereocenters. The molecule has 1 aliphatic heterocycles. The van der Waals surface area contributed by atoms with Crippen molar-refractivity contribution in [2.75, 3.05) is 39.2 Å². The van der Waals surface area contributed by atoms with Gasteiger partial charge in [0.05, 0.1) is 26.5 Å². The van der Waals surface area contributed by atoms with Crippen molar-refractivity contribution in [3.8, 4) is 11.5 Å². The number of rotatable bonds is 4. The van der Waals surface area contributed by atoms with Gasteiger partial charge >= 0.3 is 0 Å². The molecule has 0 aliphatic carbocycles. The van der Waals surface area contributed by atoms with Crippen LogP contribution in [0.3, 0.4) is 0 Å². The van der Waals surface area contributed by atoms with Crippen molar-refractivity contribution in [1.82, 2.24) is 5.32 Å². The number of anilines is 1. The first-order valence-corrected chi connectivity index (χ1v) is 6.10. The van der Waals surface area contributed by atoms with Crippen molar-refractivity contribution < 1.29 is 19.0 Å². The Morgan fingerprint density at radius 3 is 2.80 bits per heavy atom. The number of carbonyl (C=O) groups excluding carboxylic acids is 1. The summed E-state index contributed by atoms with van der Waals surface area (Å²) in [7, 11) is 3.12. The average molecular weight is 303 g/mol. The van der Waals surface area contributed by atoms with Gasteiger partial charge in [0.25, 0.3) is 5.91 Å². The molecule has 6 nitrogen and oxygen atoms in total. The molecule has 1 aliphatic rings. The number of nitrogens with one attached hydrogen (secondary N) is 2. The topological polar surface area (TPSA) is 68.8 Å². The third kappa shape index (κ3) is 4.00. The van der Waals surface area contributed by atoms with Crippen LogP contribution in [0.25, 0.3) is 0 Å². The molecule has 2 N–H and O–H groups in total. The van der Waals surface area contributed by atoms with Gasteiger partial charge in [-0.05, 0) is 12.1 Å². The standard InChI is InChI=1S/C13H18N2O4.ClH/c1-17-9-3-4-11(18-2)10(7-9)15-13(16)12-8-14-5-6-19-12;/h3-4,7,12,14H,5-6,8H2,1-2H3,(H,15,16);1H. The predicted molar refractivity (Wildman–Crippen MR) is 78.0 cm³/mol. The molecule has 0 bridgehead atoms. The minimum Gasteiger partial charge on any atom is -0.497 e. The summed E-state index contributed by atoms with van der Waals surface area (Å²) in [5.41, 5.74) is 0.570. The molecule has 1 aromatic carbocycles. The summed E-state index contributed by atoms with van der Waals surface area (Å²) in [4.78, 5) is 12.1. The number of hydrogen-bond acceptors (Lipinski definition) is 5. The highest BCUT2D eigenvalue weighted by molar-refractivity contribution is 5.96. The molecule has 0 aromatic heterocycles. The van der Waals surface area contributed by atoms with Gasteiger partial charge < -0.3 is 24.8 Å². The zero-order chi connectivity index (χ0) is 13.7. The van der Waals surface area contributed by atoms with Crippen LogP contribution in [0.1, 0.15) is 0 Å². The van der Waals surface area contributed by atoms with Gasteiger partial charge in [-0.2, -0.15) is 0 Å². The Labute approximate surface area is 124 Å². The quantitative estimate of drug-likeness (QED) is 0.870. The Morgan fingerprint density at radius 1 is 1.40 bits per heavy atom. The molecule has 7 heteroatoms. The van der Waals surface area contributed by atoms with Crippen LogP contribution in [-0.2, 0) is 9.53 Å². The normalized spacial score (nSPS) is 17.8. The molecule has 1 aromatic rings. The van der Waals surface area contributed by atoms with E-state index in [4.69, 9.17) is 14.2 Å². The van der Waals surface area contributed by atoms with E-state index in [0.29, 0.717) is 30.3 Å². The lowest BCUT2D eigenvalue weighted by Gasteiger charge is -2.23. The maximum Gasteiger partial charge on any atom is 0.254 e. The van der Waals surface area contributed by atoms with Gasteiger partial charge in [0, 0.05) is 19.2 Å². The van der Waals surface area contributed by atoms with Gasteiger partial charge in [0.2, 0.25) is 0 Å². The van der Waals surface area contributed by atoms with Gasteiger partial charge in [0.1, 0.15) is 17.6 Å². The second-order valence-corrected chi connectivity index (χ2v) is 4.12. The molecule has 1 saturated heterocycles. The van der Waals surface area contributed by atoms with E-state index in [1.165, 1.54) is 0 Å². The highest BCUT2D eigenvalue weighted by Crippen LogP contribution is 2.29. The van der Waals surface area contributed by atoms with Crippen molar-refractivity contribution >= 4 is 24.0 Å². The van der Waals surface area contributed by atoms with Crippen LogP contribution in [0, 0.1) is 0 Å². The molecule has 1 fully saturated rings. The second kappa shape index (κ2) is 7.94. The Hall–Kier alpha value is -1.50. The fourth-order valence-corrected chi connectivity index (χ4v) is 1.86. The summed E-state index contributed by atoms with van der Waals surface area (Å²) in [6, 6.07) is 5.23. The molecule has 0 spiro atoms. The van der Waals surface area contributed by atoms with E-state index in [1.54, 1.807) is 32.4 Å². The number of amides is 1. The molecule has 0 radical (unpaired) electrons. The number of ether oxygens (including phenoxy) is 3. The minimum absolute atomic E-state index is 0. The number of halogens is 1. The molecule has 20 heavy (non-hydrogen) atoms. The summed E-state index contributed by atoms with van der Waals surface area (Å²) >= 11 is 0. The summed E-state index contributed by atoms with van der Waals surface area (Å²) in [6.07, 6.45) is -0.482. The Bertz CT molecular complexity index is 450.